The Morgan fingerprint density at radius 3 is 2.95 bits per heavy atom. The minimum atomic E-state index is -0.203. The lowest BCUT2D eigenvalue weighted by Crippen LogP contribution is -2.36. The molecule has 108 valence electrons. The van der Waals surface area contributed by atoms with Gasteiger partial charge in [-0.15, -0.1) is 0 Å². The fourth-order valence-corrected chi connectivity index (χ4v) is 3.19. The van der Waals surface area contributed by atoms with E-state index in [1.165, 1.54) is 12.8 Å². The summed E-state index contributed by atoms with van der Waals surface area (Å²) in [5.41, 5.74) is 0.871. The average Bonchev–Trinajstić information content (AvgIpc) is 3.17. The molecule has 6 nitrogen and oxygen atoms in total. The van der Waals surface area contributed by atoms with Crippen molar-refractivity contribution in [1.82, 2.24) is 20.4 Å². The monoisotopic (exact) mass is 276 g/mol. The molecule has 6 heteroatoms. The molecule has 0 spiro atoms. The van der Waals surface area contributed by atoms with E-state index in [2.05, 4.69) is 15.5 Å². The van der Waals surface area contributed by atoms with Crippen molar-refractivity contribution >= 4 is 11.8 Å². The van der Waals surface area contributed by atoms with Crippen LogP contribution in [0.3, 0.4) is 0 Å². The quantitative estimate of drug-likeness (QED) is 0.854. The van der Waals surface area contributed by atoms with Gasteiger partial charge in [-0.3, -0.25) is 14.7 Å². The van der Waals surface area contributed by atoms with E-state index < -0.39 is 0 Å². The summed E-state index contributed by atoms with van der Waals surface area (Å²) in [5, 5.41) is 9.51. The normalized spacial score (nSPS) is 23.5. The number of nitrogens with zero attached hydrogens (tertiary/aromatic N) is 2. The summed E-state index contributed by atoms with van der Waals surface area (Å²) in [7, 11) is 0. The summed E-state index contributed by atoms with van der Waals surface area (Å²) >= 11 is 0. The predicted molar refractivity (Wildman–Crippen MR) is 72.5 cm³/mol. The number of nitrogens with one attached hydrogen (secondary N) is 2. The van der Waals surface area contributed by atoms with Crippen LogP contribution in [0.25, 0.3) is 0 Å². The van der Waals surface area contributed by atoms with Gasteiger partial charge in [-0.1, -0.05) is 12.8 Å². The van der Waals surface area contributed by atoms with Crippen LogP contribution in [-0.4, -0.2) is 39.5 Å². The molecule has 1 aliphatic heterocycles. The highest BCUT2D eigenvalue weighted by Gasteiger charge is 2.38. The molecule has 1 saturated carbocycles. The van der Waals surface area contributed by atoms with E-state index in [4.69, 9.17) is 0 Å². The molecule has 1 atom stereocenters. The standard InChI is InChI=1S/C14H20N4O2/c19-13-7-10(9-18(13)12-3-1-2-4-12)14(20)15-8-11-5-6-16-17-11/h5-6,10,12H,1-4,7-9H2,(H,15,20)(H,16,17). The third-order valence-corrected chi connectivity index (χ3v) is 4.31. The van der Waals surface area contributed by atoms with Crippen LogP contribution >= 0.6 is 0 Å². The van der Waals surface area contributed by atoms with Crippen molar-refractivity contribution in [1.29, 1.82) is 0 Å². The Hall–Kier alpha value is -1.85. The molecule has 1 aliphatic carbocycles. The van der Waals surface area contributed by atoms with E-state index in [0.717, 1.165) is 18.5 Å². The van der Waals surface area contributed by atoms with Crippen LogP contribution in [0.15, 0.2) is 12.3 Å². The van der Waals surface area contributed by atoms with Gasteiger partial charge in [-0.2, -0.15) is 5.10 Å². The van der Waals surface area contributed by atoms with Crippen molar-refractivity contribution in [2.45, 2.75) is 44.7 Å². The molecule has 0 bridgehead atoms. The first kappa shape index (κ1) is 13.1. The molecule has 1 aromatic heterocycles. The van der Waals surface area contributed by atoms with Crippen molar-refractivity contribution in [3.05, 3.63) is 18.0 Å². The van der Waals surface area contributed by atoms with E-state index >= 15 is 0 Å². The van der Waals surface area contributed by atoms with Crippen molar-refractivity contribution in [3.63, 3.8) is 0 Å². The van der Waals surface area contributed by atoms with Crippen molar-refractivity contribution in [3.8, 4) is 0 Å². The fourth-order valence-electron chi connectivity index (χ4n) is 3.19. The third-order valence-electron chi connectivity index (χ3n) is 4.31. The maximum Gasteiger partial charge on any atom is 0.225 e. The first-order chi connectivity index (χ1) is 9.74. The molecule has 0 aromatic carbocycles. The third kappa shape index (κ3) is 2.69. The summed E-state index contributed by atoms with van der Waals surface area (Å²) in [6.45, 7) is 1.02. The van der Waals surface area contributed by atoms with Crippen molar-refractivity contribution < 1.29 is 9.59 Å². The lowest BCUT2D eigenvalue weighted by molar-refractivity contribution is -0.130. The Kier molecular flexibility index (Phi) is 3.71. The van der Waals surface area contributed by atoms with Gasteiger partial charge in [0.05, 0.1) is 18.2 Å². The Labute approximate surface area is 117 Å². The smallest absolute Gasteiger partial charge is 0.225 e. The minimum Gasteiger partial charge on any atom is -0.350 e. The summed E-state index contributed by atoms with van der Waals surface area (Å²) in [6.07, 6.45) is 6.59. The van der Waals surface area contributed by atoms with E-state index in [0.29, 0.717) is 25.6 Å². The van der Waals surface area contributed by atoms with E-state index in [1.807, 2.05) is 11.0 Å². The summed E-state index contributed by atoms with van der Waals surface area (Å²) in [6, 6.07) is 2.19. The molecule has 1 unspecified atom stereocenters. The van der Waals surface area contributed by atoms with Gasteiger partial charge in [-0.25, -0.2) is 0 Å². The fraction of sp³-hybridized carbons (Fsp3) is 0.643. The highest BCUT2D eigenvalue weighted by Crippen LogP contribution is 2.29. The Balaban J connectivity index is 1.52. The van der Waals surface area contributed by atoms with Crippen LogP contribution in [0.5, 0.6) is 0 Å². The lowest BCUT2D eigenvalue weighted by Gasteiger charge is -2.23. The number of hydrogen-bond acceptors (Lipinski definition) is 3. The zero-order valence-corrected chi connectivity index (χ0v) is 11.5. The van der Waals surface area contributed by atoms with Gasteiger partial charge in [0.15, 0.2) is 0 Å². The molecular weight excluding hydrogens is 256 g/mol. The van der Waals surface area contributed by atoms with Crippen molar-refractivity contribution in [2.24, 2.45) is 5.92 Å². The second-order valence-electron chi connectivity index (χ2n) is 5.69. The first-order valence-electron chi connectivity index (χ1n) is 7.29. The minimum absolute atomic E-state index is 0.0338. The number of rotatable bonds is 4. The maximum absolute atomic E-state index is 12.1. The summed E-state index contributed by atoms with van der Waals surface area (Å²) < 4.78 is 0. The highest BCUT2D eigenvalue weighted by atomic mass is 16.2. The molecule has 1 saturated heterocycles. The number of carbonyl (C=O) groups is 2. The van der Waals surface area contributed by atoms with E-state index in [1.54, 1.807) is 6.20 Å². The molecule has 0 radical (unpaired) electrons. The lowest BCUT2D eigenvalue weighted by atomic mass is 10.1. The first-order valence-corrected chi connectivity index (χ1v) is 7.29. The number of aromatic amines is 1. The van der Waals surface area contributed by atoms with Crippen LogP contribution in [0, 0.1) is 5.92 Å². The second-order valence-corrected chi connectivity index (χ2v) is 5.69. The summed E-state index contributed by atoms with van der Waals surface area (Å²) in [5.74, 6) is -0.0990. The molecular formula is C14H20N4O2. The second kappa shape index (κ2) is 5.64. The largest absolute Gasteiger partial charge is 0.350 e. The Morgan fingerprint density at radius 2 is 2.25 bits per heavy atom. The SMILES string of the molecule is O=C(NCc1ccn[nH]1)C1CC(=O)N(C2CCCC2)C1. The zero-order valence-electron chi connectivity index (χ0n) is 11.5. The Bertz CT molecular complexity index is 479. The van der Waals surface area contributed by atoms with Crippen LogP contribution in [-0.2, 0) is 16.1 Å². The van der Waals surface area contributed by atoms with Gasteiger partial charge in [-0.05, 0) is 18.9 Å². The molecule has 2 heterocycles. The number of hydrogen-bond donors (Lipinski definition) is 2. The average molecular weight is 276 g/mol. The molecule has 2 fully saturated rings. The molecule has 3 rings (SSSR count). The number of aromatic nitrogens is 2. The van der Waals surface area contributed by atoms with Crippen LogP contribution < -0.4 is 5.32 Å². The number of likely N-dealkylation sites (tertiary alicyclic amines) is 1. The van der Waals surface area contributed by atoms with Crippen LogP contribution in [0.4, 0.5) is 0 Å². The van der Waals surface area contributed by atoms with Gasteiger partial charge >= 0.3 is 0 Å². The maximum atomic E-state index is 12.1. The molecule has 2 aliphatic rings. The predicted octanol–water partition coefficient (Wildman–Crippen LogP) is 0.817. The number of H-pyrrole nitrogens is 1. The molecule has 1 aromatic rings. The van der Waals surface area contributed by atoms with Crippen LogP contribution in [0.2, 0.25) is 0 Å². The Morgan fingerprint density at radius 1 is 1.45 bits per heavy atom. The van der Waals surface area contributed by atoms with Gasteiger partial charge in [0.25, 0.3) is 0 Å². The highest BCUT2D eigenvalue weighted by molar-refractivity contribution is 5.89. The number of carbonyl (C=O) groups excluding carboxylic acids is 2. The topological polar surface area (TPSA) is 78.1 Å². The van der Waals surface area contributed by atoms with E-state index in [-0.39, 0.29) is 17.7 Å². The van der Waals surface area contributed by atoms with E-state index in [9.17, 15) is 9.59 Å². The van der Waals surface area contributed by atoms with Crippen LogP contribution in [0.1, 0.15) is 37.8 Å². The zero-order chi connectivity index (χ0) is 13.9. The molecule has 2 amide bonds. The van der Waals surface area contributed by atoms with Gasteiger partial charge in [0.1, 0.15) is 0 Å². The number of amides is 2. The molecule has 20 heavy (non-hydrogen) atoms. The summed E-state index contributed by atoms with van der Waals surface area (Å²) in [4.78, 5) is 26.1. The molecule has 2 N–H and O–H groups in total. The van der Waals surface area contributed by atoms with Crippen molar-refractivity contribution in [2.75, 3.05) is 6.54 Å². The van der Waals surface area contributed by atoms with Gasteiger partial charge in [0, 0.05) is 25.2 Å². The van der Waals surface area contributed by atoms with Gasteiger partial charge < -0.3 is 10.2 Å². The van der Waals surface area contributed by atoms with Gasteiger partial charge in [0.2, 0.25) is 11.8 Å².